The van der Waals surface area contributed by atoms with E-state index < -0.39 is 0 Å². The van der Waals surface area contributed by atoms with Crippen LogP contribution in [0.3, 0.4) is 0 Å². The summed E-state index contributed by atoms with van der Waals surface area (Å²) in [6.45, 7) is 3.52. The molecule has 7 heteroatoms. The molecule has 0 radical (unpaired) electrons. The maximum Gasteiger partial charge on any atom is 0.243 e. The SMILES string of the molecule is CCOCCOc1ccccc1NC(=O)CNc1cccc(NC(=O)CCc2ccccc2)c1. The van der Waals surface area contributed by atoms with Gasteiger partial charge in [0.1, 0.15) is 12.4 Å². The Hall–Kier alpha value is -3.84. The van der Waals surface area contributed by atoms with Gasteiger partial charge in [0.2, 0.25) is 11.8 Å². The molecule has 0 aliphatic heterocycles. The van der Waals surface area contributed by atoms with Gasteiger partial charge in [-0.15, -0.1) is 0 Å². The van der Waals surface area contributed by atoms with Crippen molar-refractivity contribution >= 4 is 28.9 Å². The first-order chi connectivity index (χ1) is 16.6. The normalized spacial score (nSPS) is 10.4. The molecule has 0 heterocycles. The van der Waals surface area contributed by atoms with Crippen LogP contribution in [-0.4, -0.2) is 38.2 Å². The molecular weight excluding hydrogens is 430 g/mol. The van der Waals surface area contributed by atoms with Crippen molar-refractivity contribution < 1.29 is 19.1 Å². The highest BCUT2D eigenvalue weighted by Gasteiger charge is 2.09. The molecule has 0 bridgehead atoms. The van der Waals surface area contributed by atoms with Gasteiger partial charge in [-0.2, -0.15) is 0 Å². The number of carbonyl (C=O) groups excluding carboxylic acids is 2. The van der Waals surface area contributed by atoms with E-state index in [9.17, 15) is 9.59 Å². The lowest BCUT2D eigenvalue weighted by Gasteiger charge is -2.13. The number of para-hydroxylation sites is 2. The summed E-state index contributed by atoms with van der Waals surface area (Å²) < 4.78 is 11.0. The summed E-state index contributed by atoms with van der Waals surface area (Å²) in [5, 5.41) is 8.86. The molecule has 3 aromatic carbocycles. The summed E-state index contributed by atoms with van der Waals surface area (Å²) in [5.74, 6) is 0.327. The van der Waals surface area contributed by atoms with E-state index in [0.29, 0.717) is 49.8 Å². The molecule has 0 aliphatic rings. The molecule has 0 aromatic heterocycles. The maximum atomic E-state index is 12.5. The average molecular weight is 462 g/mol. The average Bonchev–Trinajstić information content (AvgIpc) is 2.86. The van der Waals surface area contributed by atoms with Gasteiger partial charge in [-0.25, -0.2) is 0 Å². The Morgan fingerprint density at radius 2 is 1.56 bits per heavy atom. The summed E-state index contributed by atoms with van der Waals surface area (Å²) in [6, 6.07) is 24.5. The molecule has 0 aliphatic carbocycles. The highest BCUT2D eigenvalue weighted by atomic mass is 16.5. The van der Waals surface area contributed by atoms with Crippen molar-refractivity contribution in [2.45, 2.75) is 19.8 Å². The van der Waals surface area contributed by atoms with Crippen molar-refractivity contribution in [3.8, 4) is 5.75 Å². The third-order valence-corrected chi connectivity index (χ3v) is 4.93. The highest BCUT2D eigenvalue weighted by molar-refractivity contribution is 5.95. The van der Waals surface area contributed by atoms with E-state index in [1.807, 2.05) is 67.6 Å². The zero-order valence-electron chi connectivity index (χ0n) is 19.4. The number of hydrogen-bond donors (Lipinski definition) is 3. The monoisotopic (exact) mass is 461 g/mol. The van der Waals surface area contributed by atoms with Crippen LogP contribution in [0.15, 0.2) is 78.9 Å². The van der Waals surface area contributed by atoms with Crippen molar-refractivity contribution in [3.05, 3.63) is 84.4 Å². The molecule has 0 fully saturated rings. The Morgan fingerprint density at radius 3 is 2.38 bits per heavy atom. The summed E-state index contributed by atoms with van der Waals surface area (Å²) in [7, 11) is 0. The van der Waals surface area contributed by atoms with Gasteiger partial charge in [-0.05, 0) is 49.2 Å². The molecule has 0 atom stereocenters. The molecular formula is C27H31N3O4. The van der Waals surface area contributed by atoms with Crippen molar-refractivity contribution in [3.63, 3.8) is 0 Å². The van der Waals surface area contributed by atoms with Gasteiger partial charge in [0.15, 0.2) is 0 Å². The van der Waals surface area contributed by atoms with Crippen LogP contribution >= 0.6 is 0 Å². The zero-order chi connectivity index (χ0) is 24.0. The fourth-order valence-electron chi connectivity index (χ4n) is 3.26. The Bertz CT molecular complexity index is 1060. The van der Waals surface area contributed by atoms with Crippen molar-refractivity contribution in [1.29, 1.82) is 0 Å². The molecule has 2 amide bonds. The minimum Gasteiger partial charge on any atom is -0.489 e. The van der Waals surface area contributed by atoms with Gasteiger partial charge >= 0.3 is 0 Å². The lowest BCUT2D eigenvalue weighted by Crippen LogP contribution is -2.22. The number of carbonyl (C=O) groups is 2. The molecule has 3 N–H and O–H groups in total. The summed E-state index contributed by atoms with van der Waals surface area (Å²) in [4.78, 5) is 24.8. The van der Waals surface area contributed by atoms with Crippen LogP contribution in [0, 0.1) is 0 Å². The first kappa shape index (κ1) is 24.8. The minimum absolute atomic E-state index is 0.0558. The molecule has 0 spiro atoms. The van der Waals surface area contributed by atoms with Crippen molar-refractivity contribution in [2.24, 2.45) is 0 Å². The van der Waals surface area contributed by atoms with Gasteiger partial charge in [0, 0.05) is 24.4 Å². The largest absolute Gasteiger partial charge is 0.489 e. The smallest absolute Gasteiger partial charge is 0.243 e. The Kier molecular flexibility index (Phi) is 9.95. The van der Waals surface area contributed by atoms with Gasteiger partial charge in [0.05, 0.1) is 18.8 Å². The predicted molar refractivity (Wildman–Crippen MR) is 135 cm³/mol. The van der Waals surface area contributed by atoms with Crippen LogP contribution in [0.25, 0.3) is 0 Å². The van der Waals surface area contributed by atoms with Crippen LogP contribution in [0.1, 0.15) is 18.9 Å². The van der Waals surface area contributed by atoms with Gasteiger partial charge in [-0.1, -0.05) is 48.5 Å². The van der Waals surface area contributed by atoms with E-state index in [1.165, 1.54) is 0 Å². The number of hydrogen-bond acceptors (Lipinski definition) is 5. The highest BCUT2D eigenvalue weighted by Crippen LogP contribution is 2.23. The van der Waals surface area contributed by atoms with Crippen LogP contribution in [0.5, 0.6) is 5.75 Å². The molecule has 34 heavy (non-hydrogen) atoms. The molecule has 7 nitrogen and oxygen atoms in total. The lowest BCUT2D eigenvalue weighted by atomic mass is 10.1. The predicted octanol–water partition coefficient (Wildman–Crippen LogP) is 4.72. The van der Waals surface area contributed by atoms with E-state index in [2.05, 4.69) is 16.0 Å². The molecule has 0 saturated heterocycles. The third-order valence-electron chi connectivity index (χ3n) is 4.93. The first-order valence-corrected chi connectivity index (χ1v) is 11.4. The van der Waals surface area contributed by atoms with Gasteiger partial charge in [0.25, 0.3) is 0 Å². The quantitative estimate of drug-likeness (QED) is 0.321. The van der Waals surface area contributed by atoms with E-state index in [0.717, 1.165) is 11.3 Å². The number of ether oxygens (including phenoxy) is 2. The van der Waals surface area contributed by atoms with E-state index in [-0.39, 0.29) is 18.4 Å². The summed E-state index contributed by atoms with van der Waals surface area (Å²) >= 11 is 0. The van der Waals surface area contributed by atoms with Crippen molar-refractivity contribution in [2.75, 3.05) is 42.3 Å². The van der Waals surface area contributed by atoms with Crippen molar-refractivity contribution in [1.82, 2.24) is 0 Å². The van der Waals surface area contributed by atoms with Gasteiger partial charge in [-0.3, -0.25) is 9.59 Å². The Labute approximate surface area is 200 Å². The Balaban J connectivity index is 1.46. The molecule has 3 rings (SSSR count). The maximum absolute atomic E-state index is 12.5. The number of amides is 2. The Morgan fingerprint density at radius 1 is 0.794 bits per heavy atom. The number of nitrogens with one attached hydrogen (secondary N) is 3. The number of rotatable bonds is 13. The van der Waals surface area contributed by atoms with Crippen LogP contribution < -0.4 is 20.7 Å². The second-order valence-electron chi connectivity index (χ2n) is 7.56. The number of aryl methyl sites for hydroxylation is 1. The number of benzene rings is 3. The fraction of sp³-hybridized carbons (Fsp3) is 0.259. The minimum atomic E-state index is -0.210. The van der Waals surface area contributed by atoms with E-state index in [4.69, 9.17) is 9.47 Å². The molecule has 0 saturated carbocycles. The van der Waals surface area contributed by atoms with Crippen LogP contribution in [0.2, 0.25) is 0 Å². The first-order valence-electron chi connectivity index (χ1n) is 11.4. The zero-order valence-corrected chi connectivity index (χ0v) is 19.4. The topological polar surface area (TPSA) is 88.7 Å². The van der Waals surface area contributed by atoms with E-state index in [1.54, 1.807) is 18.2 Å². The second-order valence-corrected chi connectivity index (χ2v) is 7.56. The van der Waals surface area contributed by atoms with Crippen LogP contribution in [-0.2, 0) is 20.7 Å². The summed E-state index contributed by atoms with van der Waals surface area (Å²) in [6.07, 6.45) is 1.08. The third kappa shape index (κ3) is 8.60. The van der Waals surface area contributed by atoms with Gasteiger partial charge < -0.3 is 25.4 Å². The standard InChI is InChI=1S/C27H31N3O4/c1-2-33-17-18-34-25-14-7-6-13-24(25)30-27(32)20-28-22-11-8-12-23(19-22)29-26(31)16-15-21-9-4-3-5-10-21/h3-14,19,28H,2,15-18,20H2,1H3,(H,29,31)(H,30,32). The lowest BCUT2D eigenvalue weighted by molar-refractivity contribution is -0.116. The second kappa shape index (κ2) is 13.6. The number of anilines is 3. The molecule has 178 valence electrons. The van der Waals surface area contributed by atoms with Crippen LogP contribution in [0.4, 0.5) is 17.1 Å². The van der Waals surface area contributed by atoms with E-state index >= 15 is 0 Å². The molecule has 3 aromatic rings. The molecule has 0 unspecified atom stereocenters. The summed E-state index contributed by atoms with van der Waals surface area (Å²) in [5.41, 5.74) is 3.14. The fourth-order valence-corrected chi connectivity index (χ4v) is 3.26.